The maximum atomic E-state index is 13.1. The number of benzene rings is 2. The Bertz CT molecular complexity index is 914. The smallest absolute Gasteiger partial charge is 0.418 e. The van der Waals surface area contributed by atoms with Crippen molar-refractivity contribution in [1.29, 1.82) is 0 Å². The molecule has 0 fully saturated rings. The fourth-order valence-corrected chi connectivity index (χ4v) is 2.59. The third-order valence-corrected chi connectivity index (χ3v) is 4.08. The van der Waals surface area contributed by atoms with Gasteiger partial charge in [-0.15, -0.1) is 0 Å². The molecule has 2 aromatic rings. The number of rotatable bonds is 9. The van der Waals surface area contributed by atoms with Crippen LogP contribution in [-0.2, 0) is 15.7 Å². The van der Waals surface area contributed by atoms with Crippen molar-refractivity contribution in [3.63, 3.8) is 0 Å². The van der Waals surface area contributed by atoms with Crippen LogP contribution in [0.3, 0.4) is 0 Å². The molecule has 1 amide bonds. The van der Waals surface area contributed by atoms with Gasteiger partial charge in [0.25, 0.3) is 5.91 Å². The molecule has 1 unspecified atom stereocenters. The first-order valence-electron chi connectivity index (χ1n) is 9.75. The molecule has 1 atom stereocenters. The van der Waals surface area contributed by atoms with Crippen molar-refractivity contribution in [2.75, 3.05) is 18.5 Å². The van der Waals surface area contributed by atoms with Crippen molar-refractivity contribution in [3.8, 4) is 11.5 Å². The van der Waals surface area contributed by atoms with Crippen LogP contribution in [0, 0.1) is 0 Å². The normalized spacial score (nSPS) is 12.1. The molecule has 0 aliphatic rings. The van der Waals surface area contributed by atoms with Crippen LogP contribution in [-0.4, -0.2) is 31.2 Å². The van der Waals surface area contributed by atoms with Crippen LogP contribution in [0.1, 0.15) is 43.1 Å². The number of anilines is 1. The van der Waals surface area contributed by atoms with Crippen LogP contribution in [0.15, 0.2) is 42.5 Å². The second-order valence-electron chi connectivity index (χ2n) is 6.52. The lowest BCUT2D eigenvalue weighted by Crippen LogP contribution is -2.30. The molecule has 2 aromatic carbocycles. The molecule has 0 bridgehead atoms. The van der Waals surface area contributed by atoms with E-state index < -0.39 is 35.4 Å². The van der Waals surface area contributed by atoms with Crippen molar-refractivity contribution in [2.24, 2.45) is 0 Å². The number of alkyl halides is 3. The standard InChI is InChI=1S/C22H24F3NO5/c1-4-12-30-18-11-10-15(13-19(18)29-5-2)21(28)31-14(3)20(27)26-17-9-7-6-8-16(17)22(23,24)25/h6-11,13-14H,4-5,12H2,1-3H3,(H,26,27). The molecular weight excluding hydrogens is 415 g/mol. The minimum Gasteiger partial charge on any atom is -0.490 e. The van der Waals surface area contributed by atoms with Gasteiger partial charge in [-0.25, -0.2) is 4.79 Å². The molecule has 0 saturated carbocycles. The van der Waals surface area contributed by atoms with Crippen LogP contribution in [0.5, 0.6) is 11.5 Å². The number of para-hydroxylation sites is 1. The number of esters is 1. The van der Waals surface area contributed by atoms with Gasteiger partial charge >= 0.3 is 12.1 Å². The lowest BCUT2D eigenvalue weighted by molar-refractivity contribution is -0.137. The number of hydrogen-bond acceptors (Lipinski definition) is 5. The van der Waals surface area contributed by atoms with Gasteiger partial charge in [0.2, 0.25) is 0 Å². The zero-order valence-electron chi connectivity index (χ0n) is 17.4. The average Bonchev–Trinajstić information content (AvgIpc) is 2.72. The lowest BCUT2D eigenvalue weighted by Gasteiger charge is -2.17. The monoisotopic (exact) mass is 439 g/mol. The van der Waals surface area contributed by atoms with Gasteiger partial charge in [0.1, 0.15) is 0 Å². The number of nitrogens with one attached hydrogen (secondary N) is 1. The molecular formula is C22H24F3NO5. The Balaban J connectivity index is 2.10. The van der Waals surface area contributed by atoms with Gasteiger partial charge in [-0.1, -0.05) is 19.1 Å². The highest BCUT2D eigenvalue weighted by Gasteiger charge is 2.34. The SMILES string of the molecule is CCCOc1ccc(C(=O)OC(C)C(=O)Nc2ccccc2C(F)(F)F)cc1OCC. The number of hydrogen-bond donors (Lipinski definition) is 1. The fraction of sp³-hybridized carbons (Fsp3) is 0.364. The third kappa shape index (κ3) is 6.63. The first kappa shape index (κ1) is 24.0. The molecule has 0 aliphatic heterocycles. The van der Waals surface area contributed by atoms with Gasteiger partial charge in [-0.3, -0.25) is 4.79 Å². The Hall–Kier alpha value is -3.23. The van der Waals surface area contributed by atoms with E-state index in [4.69, 9.17) is 14.2 Å². The van der Waals surface area contributed by atoms with Crippen molar-refractivity contribution < 1.29 is 37.0 Å². The van der Waals surface area contributed by atoms with E-state index in [1.807, 2.05) is 6.92 Å². The molecule has 0 aliphatic carbocycles. The minimum absolute atomic E-state index is 0.114. The Labute approximate surface area is 178 Å². The highest BCUT2D eigenvalue weighted by atomic mass is 19.4. The summed E-state index contributed by atoms with van der Waals surface area (Å²) in [6.45, 7) is 5.82. The van der Waals surface area contributed by atoms with Crippen LogP contribution in [0.25, 0.3) is 0 Å². The molecule has 0 radical (unpaired) electrons. The van der Waals surface area contributed by atoms with Crippen LogP contribution < -0.4 is 14.8 Å². The summed E-state index contributed by atoms with van der Waals surface area (Å²) >= 11 is 0. The molecule has 6 nitrogen and oxygen atoms in total. The van der Waals surface area contributed by atoms with E-state index in [9.17, 15) is 22.8 Å². The van der Waals surface area contributed by atoms with Crippen LogP contribution in [0.2, 0.25) is 0 Å². The summed E-state index contributed by atoms with van der Waals surface area (Å²) in [5.41, 5.74) is -1.30. The summed E-state index contributed by atoms with van der Waals surface area (Å²) in [7, 11) is 0. The Morgan fingerprint density at radius 1 is 1.03 bits per heavy atom. The van der Waals surface area contributed by atoms with Gasteiger partial charge in [-0.05, 0) is 50.6 Å². The average molecular weight is 439 g/mol. The van der Waals surface area contributed by atoms with Crippen molar-refractivity contribution in [1.82, 2.24) is 0 Å². The Kier molecular flexibility index (Phi) is 8.30. The maximum Gasteiger partial charge on any atom is 0.418 e. The number of ether oxygens (including phenoxy) is 3. The largest absolute Gasteiger partial charge is 0.490 e. The van der Waals surface area contributed by atoms with Crippen molar-refractivity contribution >= 4 is 17.6 Å². The van der Waals surface area contributed by atoms with Crippen LogP contribution >= 0.6 is 0 Å². The summed E-state index contributed by atoms with van der Waals surface area (Å²) in [6.07, 6.45) is -5.18. The molecule has 9 heteroatoms. The molecule has 0 saturated heterocycles. The Morgan fingerprint density at radius 2 is 1.74 bits per heavy atom. The van der Waals surface area contributed by atoms with E-state index >= 15 is 0 Å². The summed E-state index contributed by atoms with van der Waals surface area (Å²) in [5.74, 6) is -0.899. The third-order valence-electron chi connectivity index (χ3n) is 4.08. The molecule has 0 heterocycles. The quantitative estimate of drug-likeness (QED) is 0.552. The van der Waals surface area contributed by atoms with E-state index in [0.29, 0.717) is 24.7 Å². The van der Waals surface area contributed by atoms with Gasteiger partial charge in [0, 0.05) is 0 Å². The van der Waals surface area contributed by atoms with Gasteiger partial charge < -0.3 is 19.5 Å². The van der Waals surface area contributed by atoms with E-state index in [1.54, 1.807) is 13.0 Å². The zero-order valence-corrected chi connectivity index (χ0v) is 17.4. The summed E-state index contributed by atoms with van der Waals surface area (Å²) in [4.78, 5) is 24.7. The van der Waals surface area contributed by atoms with Crippen LogP contribution in [0.4, 0.5) is 18.9 Å². The molecule has 0 spiro atoms. The highest BCUT2D eigenvalue weighted by Crippen LogP contribution is 2.34. The first-order chi connectivity index (χ1) is 14.7. The zero-order chi connectivity index (χ0) is 23.0. The van der Waals surface area contributed by atoms with E-state index in [0.717, 1.165) is 18.6 Å². The first-order valence-corrected chi connectivity index (χ1v) is 9.75. The minimum atomic E-state index is -4.64. The van der Waals surface area contributed by atoms with Gasteiger partial charge in [-0.2, -0.15) is 13.2 Å². The second kappa shape index (κ2) is 10.7. The molecule has 168 valence electrons. The van der Waals surface area contributed by atoms with E-state index in [-0.39, 0.29) is 5.56 Å². The van der Waals surface area contributed by atoms with Crippen molar-refractivity contribution in [2.45, 2.75) is 39.5 Å². The topological polar surface area (TPSA) is 73.9 Å². The number of carbonyl (C=O) groups is 2. The fourth-order valence-electron chi connectivity index (χ4n) is 2.59. The van der Waals surface area contributed by atoms with E-state index in [1.165, 1.54) is 31.2 Å². The van der Waals surface area contributed by atoms with Gasteiger partial charge in [0.05, 0.1) is 30.0 Å². The molecule has 0 aromatic heterocycles. The molecule has 2 rings (SSSR count). The molecule has 31 heavy (non-hydrogen) atoms. The number of amides is 1. The van der Waals surface area contributed by atoms with Crippen molar-refractivity contribution in [3.05, 3.63) is 53.6 Å². The predicted molar refractivity (Wildman–Crippen MR) is 108 cm³/mol. The van der Waals surface area contributed by atoms with E-state index in [2.05, 4.69) is 5.32 Å². The van der Waals surface area contributed by atoms with Gasteiger partial charge in [0.15, 0.2) is 17.6 Å². The Morgan fingerprint density at radius 3 is 2.39 bits per heavy atom. The molecule has 1 N–H and O–H groups in total. The second-order valence-corrected chi connectivity index (χ2v) is 6.52. The number of halogens is 3. The predicted octanol–water partition coefficient (Wildman–Crippen LogP) is 5.08. The highest BCUT2D eigenvalue weighted by molar-refractivity contribution is 5.98. The maximum absolute atomic E-state index is 13.1. The summed E-state index contributed by atoms with van der Waals surface area (Å²) < 4.78 is 55.4. The number of carbonyl (C=O) groups excluding carboxylic acids is 2. The summed E-state index contributed by atoms with van der Waals surface area (Å²) in [6, 6.07) is 8.99. The lowest BCUT2D eigenvalue weighted by atomic mass is 10.1. The summed E-state index contributed by atoms with van der Waals surface area (Å²) in [5, 5.41) is 2.16.